The molecule has 0 aliphatic carbocycles. The van der Waals surface area contributed by atoms with Crippen LogP contribution in [-0.4, -0.2) is 17.8 Å². The molecule has 1 rings (SSSR count). The predicted octanol–water partition coefficient (Wildman–Crippen LogP) is 3.55. The summed E-state index contributed by atoms with van der Waals surface area (Å²) in [5.41, 5.74) is 1.26. The first kappa shape index (κ1) is 15.9. The maximum absolute atomic E-state index is 9.53. The predicted molar refractivity (Wildman–Crippen MR) is 82.0 cm³/mol. The van der Waals surface area contributed by atoms with Gasteiger partial charge >= 0.3 is 0 Å². The van der Waals surface area contributed by atoms with Gasteiger partial charge in [0.05, 0.1) is 6.61 Å². The fraction of sp³-hybridized carbons (Fsp3) is 0.529. The highest BCUT2D eigenvalue weighted by molar-refractivity contribution is 5.21. The third kappa shape index (κ3) is 4.48. The first-order valence-electron chi connectivity index (χ1n) is 7.18. The highest BCUT2D eigenvalue weighted by Crippen LogP contribution is 2.26. The first-order valence-corrected chi connectivity index (χ1v) is 7.18. The molecule has 0 saturated heterocycles. The van der Waals surface area contributed by atoms with Crippen LogP contribution in [0.1, 0.15) is 38.8 Å². The minimum atomic E-state index is 0.110. The van der Waals surface area contributed by atoms with Gasteiger partial charge in [0.1, 0.15) is 0 Å². The lowest BCUT2D eigenvalue weighted by Gasteiger charge is -2.31. The fourth-order valence-electron chi connectivity index (χ4n) is 2.35. The van der Waals surface area contributed by atoms with E-state index in [1.54, 1.807) is 0 Å². The van der Waals surface area contributed by atoms with E-state index in [1.807, 2.05) is 12.1 Å². The van der Waals surface area contributed by atoms with Crippen LogP contribution in [0.3, 0.4) is 0 Å². The highest BCUT2D eigenvalue weighted by atomic mass is 16.3. The smallest absolute Gasteiger partial charge is 0.0587 e. The molecule has 106 valence electrons. The number of aliphatic hydroxyl groups is 1. The average molecular weight is 261 g/mol. The van der Waals surface area contributed by atoms with Crippen LogP contribution in [0, 0.1) is 11.8 Å². The van der Waals surface area contributed by atoms with E-state index in [-0.39, 0.29) is 18.7 Å². The van der Waals surface area contributed by atoms with Crippen molar-refractivity contribution in [1.82, 2.24) is 5.32 Å². The van der Waals surface area contributed by atoms with Crippen molar-refractivity contribution in [2.75, 3.05) is 6.61 Å². The van der Waals surface area contributed by atoms with Crippen LogP contribution >= 0.6 is 0 Å². The van der Waals surface area contributed by atoms with Crippen LogP contribution in [0.2, 0.25) is 0 Å². The molecule has 2 heteroatoms. The lowest BCUT2D eigenvalue weighted by Crippen LogP contribution is -2.41. The maximum Gasteiger partial charge on any atom is 0.0587 e. The molecule has 0 fully saturated rings. The van der Waals surface area contributed by atoms with Gasteiger partial charge in [-0.15, -0.1) is 6.58 Å². The van der Waals surface area contributed by atoms with E-state index >= 15 is 0 Å². The maximum atomic E-state index is 9.53. The molecule has 1 aromatic rings. The van der Waals surface area contributed by atoms with E-state index in [2.05, 4.69) is 56.9 Å². The Hall–Kier alpha value is -1.12. The zero-order valence-electron chi connectivity index (χ0n) is 12.3. The van der Waals surface area contributed by atoms with Crippen LogP contribution in [0.15, 0.2) is 43.0 Å². The molecule has 0 spiro atoms. The molecule has 0 heterocycles. The van der Waals surface area contributed by atoms with Crippen molar-refractivity contribution in [3.63, 3.8) is 0 Å². The van der Waals surface area contributed by atoms with Gasteiger partial charge in [0.15, 0.2) is 0 Å². The molecule has 0 amide bonds. The molecule has 2 nitrogen and oxygen atoms in total. The van der Waals surface area contributed by atoms with E-state index in [0.29, 0.717) is 11.8 Å². The van der Waals surface area contributed by atoms with Gasteiger partial charge in [0.2, 0.25) is 0 Å². The van der Waals surface area contributed by atoms with Crippen molar-refractivity contribution in [1.29, 1.82) is 0 Å². The summed E-state index contributed by atoms with van der Waals surface area (Å²) in [6.45, 7) is 10.5. The lowest BCUT2D eigenvalue weighted by atomic mass is 9.89. The van der Waals surface area contributed by atoms with E-state index < -0.39 is 0 Å². The van der Waals surface area contributed by atoms with Crippen LogP contribution in [-0.2, 0) is 0 Å². The third-order valence-electron chi connectivity index (χ3n) is 3.76. The Bertz CT molecular complexity index is 361. The van der Waals surface area contributed by atoms with Gasteiger partial charge in [-0.3, -0.25) is 0 Å². The molecule has 0 unspecified atom stereocenters. The molecule has 0 saturated carbocycles. The molecule has 0 radical (unpaired) electrons. The summed E-state index contributed by atoms with van der Waals surface area (Å²) in [6, 6.07) is 10.7. The van der Waals surface area contributed by atoms with Gasteiger partial charge in [0.25, 0.3) is 0 Å². The van der Waals surface area contributed by atoms with Gasteiger partial charge in [-0.1, -0.05) is 57.2 Å². The summed E-state index contributed by atoms with van der Waals surface area (Å²) >= 11 is 0. The summed E-state index contributed by atoms with van der Waals surface area (Å²) in [7, 11) is 0. The van der Waals surface area contributed by atoms with Crippen LogP contribution in [0.25, 0.3) is 0 Å². The summed E-state index contributed by atoms with van der Waals surface area (Å²) in [5, 5.41) is 13.1. The van der Waals surface area contributed by atoms with Crippen LogP contribution < -0.4 is 5.32 Å². The molecule has 0 bridgehead atoms. The molecule has 3 atom stereocenters. The Balaban J connectivity index is 2.96. The largest absolute Gasteiger partial charge is 0.395 e. The fourth-order valence-corrected chi connectivity index (χ4v) is 2.35. The zero-order chi connectivity index (χ0) is 14.3. The second-order valence-electron chi connectivity index (χ2n) is 5.40. The highest BCUT2D eigenvalue weighted by Gasteiger charge is 2.23. The number of benzene rings is 1. The number of aliphatic hydroxyl groups excluding tert-OH is 1. The summed E-state index contributed by atoms with van der Waals surface area (Å²) in [5.74, 6) is 0.772. The van der Waals surface area contributed by atoms with Gasteiger partial charge in [-0.05, 0) is 23.8 Å². The van der Waals surface area contributed by atoms with Crippen LogP contribution in [0.5, 0.6) is 0 Å². The number of hydrogen-bond donors (Lipinski definition) is 2. The van der Waals surface area contributed by atoms with Crippen molar-refractivity contribution in [2.45, 2.75) is 39.3 Å². The minimum Gasteiger partial charge on any atom is -0.395 e. The van der Waals surface area contributed by atoms with Gasteiger partial charge in [0, 0.05) is 12.1 Å². The van der Waals surface area contributed by atoms with Crippen molar-refractivity contribution >= 4 is 0 Å². The summed E-state index contributed by atoms with van der Waals surface area (Å²) in [4.78, 5) is 0. The average Bonchev–Trinajstić information content (AvgIpc) is 2.44. The lowest BCUT2D eigenvalue weighted by molar-refractivity contribution is 0.189. The van der Waals surface area contributed by atoms with Crippen molar-refractivity contribution < 1.29 is 5.11 Å². The molecule has 1 aromatic carbocycles. The second-order valence-corrected chi connectivity index (χ2v) is 5.40. The van der Waals surface area contributed by atoms with E-state index in [0.717, 1.165) is 6.42 Å². The van der Waals surface area contributed by atoms with Crippen molar-refractivity contribution in [3.05, 3.63) is 48.6 Å². The summed E-state index contributed by atoms with van der Waals surface area (Å²) < 4.78 is 0. The second kappa shape index (κ2) is 8.13. The summed E-state index contributed by atoms with van der Waals surface area (Å²) in [6.07, 6.45) is 3.05. The van der Waals surface area contributed by atoms with E-state index in [1.165, 1.54) is 5.56 Å². The Morgan fingerprint density at radius 3 is 2.32 bits per heavy atom. The number of nitrogens with one attached hydrogen (secondary N) is 1. The van der Waals surface area contributed by atoms with Gasteiger partial charge < -0.3 is 10.4 Å². The topological polar surface area (TPSA) is 32.3 Å². The molecular formula is C17H27NO. The quantitative estimate of drug-likeness (QED) is 0.701. The Kier molecular flexibility index (Phi) is 6.82. The molecule has 2 N–H and O–H groups in total. The van der Waals surface area contributed by atoms with E-state index in [4.69, 9.17) is 0 Å². The third-order valence-corrected chi connectivity index (χ3v) is 3.76. The van der Waals surface area contributed by atoms with Crippen molar-refractivity contribution in [2.24, 2.45) is 11.8 Å². The van der Waals surface area contributed by atoms with Gasteiger partial charge in [-0.25, -0.2) is 0 Å². The number of hydrogen-bond acceptors (Lipinski definition) is 2. The normalized spacial score (nSPS) is 16.1. The minimum absolute atomic E-state index is 0.110. The molecule has 0 aliphatic heterocycles. The molecule has 0 aromatic heterocycles. The Labute approximate surface area is 117 Å². The molecule has 0 aliphatic rings. The first-order chi connectivity index (χ1) is 9.13. The van der Waals surface area contributed by atoms with E-state index in [9.17, 15) is 5.11 Å². The van der Waals surface area contributed by atoms with Crippen molar-refractivity contribution in [3.8, 4) is 0 Å². The van der Waals surface area contributed by atoms with Crippen LogP contribution in [0.4, 0.5) is 0 Å². The monoisotopic (exact) mass is 261 g/mol. The SMILES string of the molecule is C=C[C@@H](CC)[C@H](N[C@H](CO)C(C)C)c1ccccc1. The van der Waals surface area contributed by atoms with Gasteiger partial charge in [-0.2, -0.15) is 0 Å². The zero-order valence-corrected chi connectivity index (χ0v) is 12.3. The standard InChI is InChI=1S/C17H27NO/c1-5-14(6-2)17(15-10-8-7-9-11-15)18-16(12-19)13(3)4/h5,7-11,13-14,16-19H,1,6,12H2,2-4H3/t14-,16+,17-/m0/s1. The Morgan fingerprint density at radius 1 is 1.26 bits per heavy atom. The molecule has 19 heavy (non-hydrogen) atoms. The Morgan fingerprint density at radius 2 is 1.89 bits per heavy atom. The molecular weight excluding hydrogens is 234 g/mol. The number of rotatable bonds is 8.